The SMILES string of the molecule is COc1cc2c(cc1OC)OCC(C(=O)Nc1cccc(C(=O)NCCN(C)C)c1)=C2. The Morgan fingerprint density at radius 1 is 1.06 bits per heavy atom. The number of likely N-dealkylation sites (N-methyl/N-ethyl adjacent to an activating group) is 1. The molecule has 0 saturated carbocycles. The van der Waals surface area contributed by atoms with Crippen LogP contribution in [0.15, 0.2) is 42.0 Å². The average molecular weight is 425 g/mol. The first-order valence-corrected chi connectivity index (χ1v) is 9.85. The van der Waals surface area contributed by atoms with E-state index >= 15 is 0 Å². The van der Waals surface area contributed by atoms with Gasteiger partial charge < -0.3 is 29.7 Å². The number of anilines is 1. The topological polar surface area (TPSA) is 89.1 Å². The summed E-state index contributed by atoms with van der Waals surface area (Å²) < 4.78 is 16.3. The van der Waals surface area contributed by atoms with Gasteiger partial charge in [0, 0.05) is 36.0 Å². The average Bonchev–Trinajstić information content (AvgIpc) is 2.77. The first-order valence-electron chi connectivity index (χ1n) is 9.85. The number of rotatable bonds is 8. The summed E-state index contributed by atoms with van der Waals surface area (Å²) in [5.74, 6) is 1.24. The molecule has 0 aliphatic carbocycles. The highest BCUT2D eigenvalue weighted by Crippen LogP contribution is 2.37. The van der Waals surface area contributed by atoms with E-state index in [9.17, 15) is 9.59 Å². The van der Waals surface area contributed by atoms with E-state index in [1.165, 1.54) is 0 Å². The van der Waals surface area contributed by atoms with Crippen LogP contribution in [0.25, 0.3) is 6.08 Å². The van der Waals surface area contributed by atoms with Crippen molar-refractivity contribution in [1.29, 1.82) is 0 Å². The van der Waals surface area contributed by atoms with Crippen LogP contribution in [0.2, 0.25) is 0 Å². The van der Waals surface area contributed by atoms with E-state index in [4.69, 9.17) is 14.2 Å². The van der Waals surface area contributed by atoms with E-state index < -0.39 is 0 Å². The van der Waals surface area contributed by atoms with Crippen molar-refractivity contribution >= 4 is 23.6 Å². The fourth-order valence-corrected chi connectivity index (χ4v) is 3.07. The number of amides is 2. The van der Waals surface area contributed by atoms with Gasteiger partial charge >= 0.3 is 0 Å². The number of carbonyl (C=O) groups excluding carboxylic acids is 2. The summed E-state index contributed by atoms with van der Waals surface area (Å²) in [6.07, 6.45) is 1.76. The maximum atomic E-state index is 12.8. The highest BCUT2D eigenvalue weighted by molar-refractivity contribution is 6.08. The summed E-state index contributed by atoms with van der Waals surface area (Å²) in [7, 11) is 6.99. The van der Waals surface area contributed by atoms with Crippen molar-refractivity contribution < 1.29 is 23.8 Å². The number of nitrogens with zero attached hydrogens (tertiary/aromatic N) is 1. The molecule has 2 aromatic rings. The second-order valence-electron chi connectivity index (χ2n) is 7.30. The van der Waals surface area contributed by atoms with Gasteiger partial charge in [0.1, 0.15) is 12.4 Å². The Hall–Kier alpha value is -3.52. The molecule has 0 radical (unpaired) electrons. The summed E-state index contributed by atoms with van der Waals surface area (Å²) in [6.45, 7) is 1.41. The van der Waals surface area contributed by atoms with Crippen LogP contribution in [-0.4, -0.2) is 64.7 Å². The molecule has 2 amide bonds. The zero-order valence-electron chi connectivity index (χ0n) is 18.2. The summed E-state index contributed by atoms with van der Waals surface area (Å²) in [5, 5.41) is 5.69. The van der Waals surface area contributed by atoms with Crippen molar-refractivity contribution in [1.82, 2.24) is 10.2 Å². The molecule has 0 spiro atoms. The van der Waals surface area contributed by atoms with Gasteiger partial charge in [-0.3, -0.25) is 9.59 Å². The monoisotopic (exact) mass is 425 g/mol. The van der Waals surface area contributed by atoms with Gasteiger partial charge in [-0.05, 0) is 44.4 Å². The highest BCUT2D eigenvalue weighted by atomic mass is 16.5. The van der Waals surface area contributed by atoms with Gasteiger partial charge in [-0.25, -0.2) is 0 Å². The molecule has 3 rings (SSSR count). The number of ether oxygens (including phenoxy) is 3. The number of benzene rings is 2. The summed E-state index contributed by atoms with van der Waals surface area (Å²) in [6, 6.07) is 10.3. The minimum Gasteiger partial charge on any atom is -0.493 e. The Labute approximate surface area is 181 Å². The molecule has 31 heavy (non-hydrogen) atoms. The molecule has 0 atom stereocenters. The van der Waals surface area contributed by atoms with Crippen LogP contribution in [0.3, 0.4) is 0 Å². The molecule has 0 bridgehead atoms. The quantitative estimate of drug-likeness (QED) is 0.675. The number of methoxy groups -OCH3 is 2. The molecule has 1 aliphatic heterocycles. The van der Waals surface area contributed by atoms with Gasteiger partial charge in [-0.15, -0.1) is 0 Å². The molecule has 164 valence electrons. The van der Waals surface area contributed by atoms with Crippen LogP contribution in [0.1, 0.15) is 15.9 Å². The predicted molar refractivity (Wildman–Crippen MR) is 119 cm³/mol. The molecule has 0 fully saturated rings. The zero-order chi connectivity index (χ0) is 22.4. The Morgan fingerprint density at radius 3 is 2.52 bits per heavy atom. The standard InChI is InChI=1S/C23H27N3O5/c1-26(2)9-8-24-22(27)15-6-5-7-18(11-15)25-23(28)17-10-16-12-20(29-3)21(30-4)13-19(16)31-14-17/h5-7,10-13H,8-9,14H2,1-4H3,(H,24,27)(H,25,28). The molecule has 8 heteroatoms. The lowest BCUT2D eigenvalue weighted by Crippen LogP contribution is -2.31. The van der Waals surface area contributed by atoms with Crippen LogP contribution < -0.4 is 24.8 Å². The highest BCUT2D eigenvalue weighted by Gasteiger charge is 2.20. The lowest BCUT2D eigenvalue weighted by Gasteiger charge is -2.20. The third-order valence-electron chi connectivity index (χ3n) is 4.75. The lowest BCUT2D eigenvalue weighted by molar-refractivity contribution is -0.113. The molecule has 1 heterocycles. The van der Waals surface area contributed by atoms with E-state index in [0.717, 1.165) is 12.1 Å². The number of nitrogens with one attached hydrogen (secondary N) is 2. The van der Waals surface area contributed by atoms with Crippen molar-refractivity contribution in [2.24, 2.45) is 0 Å². The first kappa shape index (κ1) is 22.2. The molecular formula is C23H27N3O5. The summed E-state index contributed by atoms with van der Waals surface area (Å²) in [4.78, 5) is 27.1. The van der Waals surface area contributed by atoms with Gasteiger partial charge in [-0.2, -0.15) is 0 Å². The van der Waals surface area contributed by atoms with Crippen LogP contribution in [0, 0.1) is 0 Å². The van der Waals surface area contributed by atoms with Crippen LogP contribution >= 0.6 is 0 Å². The van der Waals surface area contributed by atoms with E-state index in [0.29, 0.717) is 40.6 Å². The fraction of sp³-hybridized carbons (Fsp3) is 0.304. The van der Waals surface area contributed by atoms with Crippen LogP contribution in [0.4, 0.5) is 5.69 Å². The van der Waals surface area contributed by atoms with E-state index in [2.05, 4.69) is 10.6 Å². The van der Waals surface area contributed by atoms with Gasteiger partial charge in [0.2, 0.25) is 0 Å². The van der Waals surface area contributed by atoms with Crippen LogP contribution in [0.5, 0.6) is 17.2 Å². The van der Waals surface area contributed by atoms with Crippen molar-refractivity contribution in [2.45, 2.75) is 0 Å². The number of hydrogen-bond donors (Lipinski definition) is 2. The van der Waals surface area contributed by atoms with Crippen LogP contribution in [-0.2, 0) is 4.79 Å². The number of carbonyl (C=O) groups is 2. The van der Waals surface area contributed by atoms with E-state index in [1.54, 1.807) is 56.7 Å². The zero-order valence-corrected chi connectivity index (χ0v) is 18.2. The molecule has 8 nitrogen and oxygen atoms in total. The fourth-order valence-electron chi connectivity index (χ4n) is 3.07. The predicted octanol–water partition coefficient (Wildman–Crippen LogP) is 2.41. The maximum absolute atomic E-state index is 12.8. The normalized spacial score (nSPS) is 12.4. The maximum Gasteiger partial charge on any atom is 0.255 e. The molecule has 2 aromatic carbocycles. The third-order valence-corrected chi connectivity index (χ3v) is 4.75. The van der Waals surface area contributed by atoms with Crippen molar-refractivity contribution in [3.63, 3.8) is 0 Å². The molecular weight excluding hydrogens is 398 g/mol. The Bertz CT molecular complexity index is 1000. The van der Waals surface area contributed by atoms with Crippen molar-refractivity contribution in [2.75, 3.05) is 53.3 Å². The van der Waals surface area contributed by atoms with Gasteiger partial charge in [0.25, 0.3) is 11.8 Å². The van der Waals surface area contributed by atoms with Gasteiger partial charge in [0.05, 0.1) is 19.8 Å². The van der Waals surface area contributed by atoms with Crippen molar-refractivity contribution in [3.8, 4) is 17.2 Å². The second kappa shape index (κ2) is 9.99. The van der Waals surface area contributed by atoms with Crippen molar-refractivity contribution in [3.05, 3.63) is 53.1 Å². The minimum atomic E-state index is -0.300. The lowest BCUT2D eigenvalue weighted by atomic mass is 10.1. The molecule has 2 N–H and O–H groups in total. The van der Waals surface area contributed by atoms with E-state index in [1.807, 2.05) is 19.0 Å². The Balaban J connectivity index is 1.71. The van der Waals surface area contributed by atoms with E-state index in [-0.39, 0.29) is 18.4 Å². The Kier molecular flexibility index (Phi) is 7.15. The largest absolute Gasteiger partial charge is 0.493 e. The third kappa shape index (κ3) is 5.55. The van der Waals surface area contributed by atoms with Gasteiger partial charge in [-0.1, -0.05) is 6.07 Å². The first-order chi connectivity index (χ1) is 14.9. The summed E-state index contributed by atoms with van der Waals surface area (Å²) >= 11 is 0. The Morgan fingerprint density at radius 2 is 1.81 bits per heavy atom. The molecule has 0 aromatic heterocycles. The molecule has 0 unspecified atom stereocenters. The smallest absolute Gasteiger partial charge is 0.255 e. The number of fused-ring (bicyclic) bond motifs is 1. The molecule has 1 aliphatic rings. The van der Waals surface area contributed by atoms with Gasteiger partial charge in [0.15, 0.2) is 11.5 Å². The second-order valence-corrected chi connectivity index (χ2v) is 7.30. The number of hydrogen-bond acceptors (Lipinski definition) is 6. The molecule has 0 saturated heterocycles. The minimum absolute atomic E-state index is 0.124. The summed E-state index contributed by atoms with van der Waals surface area (Å²) in [5.41, 5.74) is 2.19.